The summed E-state index contributed by atoms with van der Waals surface area (Å²) in [5.74, 6) is 0.271. The predicted molar refractivity (Wildman–Crippen MR) is 122 cm³/mol. The molecule has 0 bridgehead atoms. The summed E-state index contributed by atoms with van der Waals surface area (Å²) in [5, 5.41) is 9.60. The van der Waals surface area contributed by atoms with Crippen molar-refractivity contribution in [2.24, 2.45) is 16.8 Å². The van der Waals surface area contributed by atoms with Gasteiger partial charge in [-0.3, -0.25) is 9.59 Å². The van der Waals surface area contributed by atoms with Gasteiger partial charge < -0.3 is 19.6 Å². The Morgan fingerprint density at radius 2 is 1.77 bits per heavy atom. The van der Waals surface area contributed by atoms with E-state index in [9.17, 15) is 19.5 Å². The first-order valence-electron chi connectivity index (χ1n) is 11.0. The maximum absolute atomic E-state index is 13.2. The molecule has 0 aromatic heterocycles. The van der Waals surface area contributed by atoms with Gasteiger partial charge in [-0.15, -0.1) is 11.8 Å². The number of carbonyl (C=O) groups is 3. The van der Waals surface area contributed by atoms with E-state index >= 15 is 0 Å². The summed E-state index contributed by atoms with van der Waals surface area (Å²) in [6.45, 7) is 12.6. The zero-order valence-electron chi connectivity index (χ0n) is 19.6. The molecule has 0 radical (unpaired) electrons. The molecule has 2 saturated heterocycles. The van der Waals surface area contributed by atoms with Crippen LogP contribution in [-0.4, -0.2) is 81.0 Å². The van der Waals surface area contributed by atoms with Crippen LogP contribution in [0.3, 0.4) is 0 Å². The van der Waals surface area contributed by atoms with Crippen molar-refractivity contribution in [3.63, 3.8) is 0 Å². The van der Waals surface area contributed by atoms with E-state index in [1.54, 1.807) is 39.5 Å². The van der Waals surface area contributed by atoms with Crippen LogP contribution in [0, 0.1) is 11.8 Å². The molecule has 2 fully saturated rings. The van der Waals surface area contributed by atoms with E-state index in [1.807, 2.05) is 23.6 Å². The van der Waals surface area contributed by atoms with Crippen LogP contribution < -0.4 is 0 Å². The number of nitrogens with zero attached hydrogens (tertiary/aromatic N) is 3. The quantitative estimate of drug-likeness (QED) is 0.640. The number of aliphatic imine (C=N–C) groups is 1. The zero-order chi connectivity index (χ0) is 23.4. The lowest BCUT2D eigenvalue weighted by molar-refractivity contribution is -0.139. The predicted octanol–water partition coefficient (Wildman–Crippen LogP) is 2.93. The standard InChI is InChI=1S/C22H37N3O5S/c1-15(2)17(14-23-20(29)30-21(4,5)6)19(28)24-9-7-22(8-10-24)25(11-12-31-22)18(27)13-16(3)26/h14-17,26H,7-13H2,1-6H3/b23-14+/t16-,17?/m1/s1. The van der Waals surface area contributed by atoms with Crippen molar-refractivity contribution in [1.82, 2.24) is 9.80 Å². The highest BCUT2D eigenvalue weighted by Crippen LogP contribution is 2.44. The molecule has 176 valence electrons. The maximum atomic E-state index is 13.2. The number of aliphatic hydroxyl groups excluding tert-OH is 1. The largest absolute Gasteiger partial charge is 0.442 e. The summed E-state index contributed by atoms with van der Waals surface area (Å²) in [4.78, 5) is 45.0. The molecule has 2 heterocycles. The fourth-order valence-corrected chi connectivity index (χ4v) is 5.45. The lowest BCUT2D eigenvalue weighted by Crippen LogP contribution is -2.55. The van der Waals surface area contributed by atoms with Gasteiger partial charge in [-0.1, -0.05) is 13.8 Å². The minimum absolute atomic E-state index is 0.0143. The topological polar surface area (TPSA) is 99.5 Å². The molecule has 2 rings (SSSR count). The summed E-state index contributed by atoms with van der Waals surface area (Å²) in [6.07, 6.45) is 1.58. The molecule has 0 aliphatic carbocycles. The number of piperidine rings is 1. The second-order valence-electron chi connectivity index (χ2n) is 9.75. The van der Waals surface area contributed by atoms with Crippen molar-refractivity contribution < 1.29 is 24.2 Å². The number of ether oxygens (including phenoxy) is 1. The van der Waals surface area contributed by atoms with Gasteiger partial charge in [-0.05, 0) is 46.5 Å². The monoisotopic (exact) mass is 455 g/mol. The molecule has 3 amide bonds. The SMILES string of the molecule is CC(C)C(/C=N/C(=O)OC(C)(C)C)C(=O)N1CCC2(CC1)SCCN2C(=O)C[C@@H](C)O. The van der Waals surface area contributed by atoms with Crippen molar-refractivity contribution in [2.45, 2.75) is 77.4 Å². The normalized spacial score (nSPS) is 21.0. The molecular weight excluding hydrogens is 418 g/mol. The number of aliphatic hydroxyl groups is 1. The van der Waals surface area contributed by atoms with Crippen LogP contribution in [0.4, 0.5) is 4.79 Å². The minimum Gasteiger partial charge on any atom is -0.442 e. The van der Waals surface area contributed by atoms with Crippen LogP contribution in [0.15, 0.2) is 4.99 Å². The van der Waals surface area contributed by atoms with E-state index in [1.165, 1.54) is 6.21 Å². The Kier molecular flexibility index (Phi) is 8.55. The molecule has 8 nitrogen and oxygen atoms in total. The van der Waals surface area contributed by atoms with Gasteiger partial charge in [0.1, 0.15) is 5.60 Å². The Morgan fingerprint density at radius 3 is 2.29 bits per heavy atom. The van der Waals surface area contributed by atoms with Crippen LogP contribution in [0.1, 0.15) is 60.8 Å². The summed E-state index contributed by atoms with van der Waals surface area (Å²) in [6, 6.07) is 0. The lowest BCUT2D eigenvalue weighted by Gasteiger charge is -2.44. The van der Waals surface area contributed by atoms with E-state index in [0.717, 1.165) is 5.75 Å². The molecule has 31 heavy (non-hydrogen) atoms. The summed E-state index contributed by atoms with van der Waals surface area (Å²) < 4.78 is 5.20. The third-order valence-electron chi connectivity index (χ3n) is 5.54. The van der Waals surface area contributed by atoms with Crippen LogP contribution in [-0.2, 0) is 14.3 Å². The molecule has 0 saturated carbocycles. The maximum Gasteiger partial charge on any atom is 0.433 e. The highest BCUT2D eigenvalue weighted by Gasteiger charge is 2.47. The number of thioether (sulfide) groups is 1. The molecule has 2 aliphatic heterocycles. The van der Waals surface area contributed by atoms with Crippen LogP contribution in [0.25, 0.3) is 0 Å². The highest BCUT2D eigenvalue weighted by molar-refractivity contribution is 8.00. The van der Waals surface area contributed by atoms with Gasteiger partial charge in [-0.2, -0.15) is 4.99 Å². The van der Waals surface area contributed by atoms with Crippen molar-refractivity contribution in [2.75, 3.05) is 25.4 Å². The van der Waals surface area contributed by atoms with Crippen molar-refractivity contribution in [1.29, 1.82) is 0 Å². The minimum atomic E-state index is -0.696. The number of hydrogen-bond acceptors (Lipinski definition) is 6. The van der Waals surface area contributed by atoms with Gasteiger partial charge in [0.2, 0.25) is 11.8 Å². The number of amides is 3. The summed E-state index contributed by atoms with van der Waals surface area (Å²) >= 11 is 1.77. The van der Waals surface area contributed by atoms with Gasteiger partial charge in [0.25, 0.3) is 0 Å². The van der Waals surface area contributed by atoms with Gasteiger partial charge in [0.05, 0.1) is 23.3 Å². The Morgan fingerprint density at radius 1 is 1.16 bits per heavy atom. The third-order valence-corrected chi connectivity index (χ3v) is 7.10. The third kappa shape index (κ3) is 6.94. The van der Waals surface area contributed by atoms with E-state index in [-0.39, 0.29) is 29.0 Å². The fraction of sp³-hybridized carbons (Fsp3) is 0.818. The number of hydrogen-bond donors (Lipinski definition) is 1. The number of rotatable bonds is 5. The van der Waals surface area contributed by atoms with Crippen LogP contribution >= 0.6 is 11.8 Å². The molecule has 0 aromatic carbocycles. The van der Waals surface area contributed by atoms with E-state index in [2.05, 4.69) is 4.99 Å². The van der Waals surface area contributed by atoms with E-state index in [0.29, 0.717) is 32.5 Å². The first-order chi connectivity index (χ1) is 14.3. The lowest BCUT2D eigenvalue weighted by atomic mass is 9.93. The highest BCUT2D eigenvalue weighted by atomic mass is 32.2. The van der Waals surface area contributed by atoms with E-state index in [4.69, 9.17) is 4.74 Å². The molecule has 1 N–H and O–H groups in total. The Bertz CT molecular complexity index is 694. The first-order valence-corrected chi connectivity index (χ1v) is 12.0. The average molecular weight is 456 g/mol. The number of likely N-dealkylation sites (tertiary alicyclic amines) is 1. The van der Waals surface area contributed by atoms with Crippen LogP contribution in [0.2, 0.25) is 0 Å². The molecule has 1 spiro atoms. The van der Waals surface area contributed by atoms with Gasteiger partial charge in [-0.25, -0.2) is 4.79 Å². The molecule has 2 atom stereocenters. The molecular formula is C22H37N3O5S. The Balaban J connectivity index is 2.02. The summed E-state index contributed by atoms with van der Waals surface area (Å²) in [7, 11) is 0. The Labute approximate surface area is 189 Å². The van der Waals surface area contributed by atoms with E-state index < -0.39 is 23.7 Å². The second kappa shape index (κ2) is 10.3. The second-order valence-corrected chi connectivity index (χ2v) is 11.2. The molecule has 2 aliphatic rings. The zero-order valence-corrected chi connectivity index (χ0v) is 20.4. The average Bonchev–Trinajstić information content (AvgIpc) is 3.03. The van der Waals surface area contributed by atoms with Crippen molar-refractivity contribution in [3.8, 4) is 0 Å². The molecule has 0 aromatic rings. The summed E-state index contributed by atoms with van der Waals surface area (Å²) in [5.41, 5.74) is -0.636. The fourth-order valence-electron chi connectivity index (χ4n) is 3.98. The van der Waals surface area contributed by atoms with Gasteiger partial charge in [0.15, 0.2) is 0 Å². The molecule has 1 unspecified atom stereocenters. The molecule has 9 heteroatoms. The first kappa shape index (κ1) is 25.6. The van der Waals surface area contributed by atoms with Gasteiger partial charge >= 0.3 is 6.09 Å². The van der Waals surface area contributed by atoms with Gasteiger partial charge in [0, 0.05) is 31.6 Å². The Hall–Kier alpha value is -1.61. The smallest absolute Gasteiger partial charge is 0.433 e. The van der Waals surface area contributed by atoms with Crippen molar-refractivity contribution >= 4 is 35.9 Å². The van der Waals surface area contributed by atoms with Crippen LogP contribution in [0.5, 0.6) is 0 Å². The van der Waals surface area contributed by atoms with Crippen molar-refractivity contribution in [3.05, 3.63) is 0 Å². The number of carbonyl (C=O) groups excluding carboxylic acids is 3.